The summed E-state index contributed by atoms with van der Waals surface area (Å²) in [6.45, 7) is 2.02. The van der Waals surface area contributed by atoms with Crippen molar-refractivity contribution in [1.29, 1.82) is 0 Å². The number of carbonyl (C=O) groups excluding carboxylic acids is 1. The first-order chi connectivity index (χ1) is 9.51. The summed E-state index contributed by atoms with van der Waals surface area (Å²) >= 11 is 0. The highest BCUT2D eigenvalue weighted by molar-refractivity contribution is 5.86. The lowest BCUT2D eigenvalue weighted by atomic mass is 10.3. The number of amides is 1. The molecule has 1 amide bonds. The van der Waals surface area contributed by atoms with Gasteiger partial charge < -0.3 is 19.7 Å². The Morgan fingerprint density at radius 2 is 2.20 bits per heavy atom. The zero-order chi connectivity index (χ0) is 15.1. The molecule has 108 valence electrons. The number of aliphatic carboxylic acids is 1. The molecule has 1 aromatic heterocycles. The van der Waals surface area contributed by atoms with Gasteiger partial charge in [-0.2, -0.15) is 0 Å². The third kappa shape index (κ3) is 3.67. The van der Waals surface area contributed by atoms with Gasteiger partial charge in [-0.3, -0.25) is 9.59 Å². The molecule has 1 atom stereocenters. The minimum absolute atomic E-state index is 0.122. The summed E-state index contributed by atoms with van der Waals surface area (Å²) in [5, 5.41) is 15.8. The van der Waals surface area contributed by atoms with Gasteiger partial charge in [-0.1, -0.05) is 12.2 Å². The van der Waals surface area contributed by atoms with Crippen LogP contribution in [0.1, 0.15) is 5.82 Å². The zero-order valence-electron chi connectivity index (χ0n) is 10.8. The van der Waals surface area contributed by atoms with Gasteiger partial charge in [0.2, 0.25) is 5.91 Å². The topological polar surface area (TPSA) is 113 Å². The Bertz CT molecular complexity index is 523. The number of nitrogens with zero attached hydrogens (tertiary/aromatic N) is 3. The molecule has 0 spiro atoms. The summed E-state index contributed by atoms with van der Waals surface area (Å²) in [4.78, 5) is 36.6. The molecular weight excluding hydrogens is 266 g/mol. The van der Waals surface area contributed by atoms with Crippen molar-refractivity contribution in [3.05, 3.63) is 30.4 Å². The van der Waals surface area contributed by atoms with E-state index in [2.05, 4.69) is 4.98 Å². The van der Waals surface area contributed by atoms with Crippen molar-refractivity contribution in [2.45, 2.75) is 19.5 Å². The van der Waals surface area contributed by atoms with Crippen molar-refractivity contribution < 1.29 is 24.6 Å². The maximum absolute atomic E-state index is 12.0. The molecule has 0 saturated carbocycles. The molecule has 0 saturated heterocycles. The Kier molecular flexibility index (Phi) is 5.45. The standard InChI is InChI=1S/C11H13N3O3.CH2O2/c1-8-12-4-6-13(8)7-10(15)14-5-2-3-9(14)11(16)17;2-1-3/h2-4,6,9H,5,7H2,1H3,(H,16,17);1H,(H,2,3). The van der Waals surface area contributed by atoms with E-state index in [0.29, 0.717) is 6.54 Å². The molecule has 1 aliphatic rings. The van der Waals surface area contributed by atoms with Gasteiger partial charge in [-0.05, 0) is 6.92 Å². The molecule has 20 heavy (non-hydrogen) atoms. The molecule has 0 aliphatic carbocycles. The van der Waals surface area contributed by atoms with Crippen LogP contribution >= 0.6 is 0 Å². The molecule has 0 bridgehead atoms. The van der Waals surface area contributed by atoms with Gasteiger partial charge in [0.05, 0.1) is 0 Å². The largest absolute Gasteiger partial charge is 0.483 e. The maximum Gasteiger partial charge on any atom is 0.330 e. The van der Waals surface area contributed by atoms with E-state index in [-0.39, 0.29) is 18.9 Å². The quantitative estimate of drug-likeness (QED) is 0.583. The maximum atomic E-state index is 12.0. The summed E-state index contributed by atoms with van der Waals surface area (Å²) in [5.74, 6) is -0.490. The summed E-state index contributed by atoms with van der Waals surface area (Å²) in [6.07, 6.45) is 6.53. The predicted molar refractivity (Wildman–Crippen MR) is 67.9 cm³/mol. The Labute approximate surface area is 114 Å². The Hall–Kier alpha value is -2.64. The minimum atomic E-state index is -1.01. The average molecular weight is 281 g/mol. The van der Waals surface area contributed by atoms with Gasteiger partial charge in [0, 0.05) is 18.9 Å². The molecule has 0 aromatic carbocycles. The normalized spacial score (nSPS) is 16.4. The third-order valence-corrected chi connectivity index (χ3v) is 2.76. The number of rotatable bonds is 3. The first-order valence-electron chi connectivity index (χ1n) is 5.75. The molecule has 1 aromatic rings. The van der Waals surface area contributed by atoms with Gasteiger partial charge >= 0.3 is 5.97 Å². The van der Waals surface area contributed by atoms with Gasteiger partial charge in [0.25, 0.3) is 6.47 Å². The van der Waals surface area contributed by atoms with Crippen LogP contribution in [0.3, 0.4) is 0 Å². The van der Waals surface area contributed by atoms with E-state index < -0.39 is 12.0 Å². The molecule has 0 fully saturated rings. The van der Waals surface area contributed by atoms with Crippen LogP contribution in [0.15, 0.2) is 24.5 Å². The number of hydrogen-bond donors (Lipinski definition) is 2. The molecule has 2 N–H and O–H groups in total. The highest BCUT2D eigenvalue weighted by Crippen LogP contribution is 2.11. The number of imidazole rings is 1. The number of carbonyl (C=O) groups is 3. The zero-order valence-corrected chi connectivity index (χ0v) is 10.8. The van der Waals surface area contributed by atoms with Gasteiger partial charge in [-0.15, -0.1) is 0 Å². The fraction of sp³-hybridized carbons (Fsp3) is 0.333. The molecule has 1 aliphatic heterocycles. The number of aromatic nitrogens is 2. The average Bonchev–Trinajstić information content (AvgIpc) is 3.00. The molecule has 8 heteroatoms. The molecule has 2 rings (SSSR count). The summed E-state index contributed by atoms with van der Waals surface area (Å²) < 4.78 is 1.69. The number of aryl methyl sites for hydroxylation is 1. The van der Waals surface area contributed by atoms with Crippen molar-refractivity contribution in [2.24, 2.45) is 0 Å². The first-order valence-corrected chi connectivity index (χ1v) is 5.75. The molecule has 8 nitrogen and oxygen atoms in total. The SMILES string of the molecule is Cc1nccn1CC(=O)N1CC=CC1C(=O)O.O=CO. The second kappa shape index (κ2) is 7.07. The highest BCUT2D eigenvalue weighted by Gasteiger charge is 2.30. The van der Waals surface area contributed by atoms with Crippen LogP contribution < -0.4 is 0 Å². The van der Waals surface area contributed by atoms with E-state index in [1.807, 2.05) is 0 Å². The minimum Gasteiger partial charge on any atom is -0.483 e. The van der Waals surface area contributed by atoms with Crippen LogP contribution in [0, 0.1) is 6.92 Å². The van der Waals surface area contributed by atoms with E-state index in [0.717, 1.165) is 5.82 Å². The van der Waals surface area contributed by atoms with Crippen molar-refractivity contribution in [3.8, 4) is 0 Å². The second-order valence-corrected chi connectivity index (χ2v) is 3.97. The van der Waals surface area contributed by atoms with Crippen LogP contribution in [0.4, 0.5) is 0 Å². The predicted octanol–water partition coefficient (Wildman–Crippen LogP) is -0.256. The van der Waals surface area contributed by atoms with Crippen LogP contribution in [0.5, 0.6) is 0 Å². The van der Waals surface area contributed by atoms with Crippen LogP contribution in [-0.2, 0) is 20.9 Å². The smallest absolute Gasteiger partial charge is 0.330 e. The lowest BCUT2D eigenvalue weighted by Crippen LogP contribution is -2.42. The van der Waals surface area contributed by atoms with Gasteiger partial charge in [-0.25, -0.2) is 9.78 Å². The fourth-order valence-electron chi connectivity index (χ4n) is 1.80. The third-order valence-electron chi connectivity index (χ3n) is 2.76. The number of carboxylic acid groups (broad SMARTS) is 2. The van der Waals surface area contributed by atoms with Gasteiger partial charge in [0.15, 0.2) is 0 Å². The number of carboxylic acids is 1. The molecule has 1 unspecified atom stereocenters. The van der Waals surface area contributed by atoms with E-state index in [1.54, 1.807) is 30.0 Å². The molecule has 2 heterocycles. The summed E-state index contributed by atoms with van der Waals surface area (Å²) in [7, 11) is 0. The van der Waals surface area contributed by atoms with Crippen LogP contribution in [-0.4, -0.2) is 55.6 Å². The van der Waals surface area contributed by atoms with E-state index in [1.165, 1.54) is 11.0 Å². The Balaban J connectivity index is 0.000000612. The lowest BCUT2D eigenvalue weighted by Gasteiger charge is -2.21. The molecular formula is C12H15N3O5. The van der Waals surface area contributed by atoms with E-state index >= 15 is 0 Å². The van der Waals surface area contributed by atoms with Crippen LogP contribution in [0.2, 0.25) is 0 Å². The monoisotopic (exact) mass is 281 g/mol. The van der Waals surface area contributed by atoms with E-state index in [9.17, 15) is 9.59 Å². The van der Waals surface area contributed by atoms with Crippen LogP contribution in [0.25, 0.3) is 0 Å². The van der Waals surface area contributed by atoms with Crippen molar-refractivity contribution in [1.82, 2.24) is 14.5 Å². The van der Waals surface area contributed by atoms with E-state index in [4.69, 9.17) is 15.0 Å². The second-order valence-electron chi connectivity index (χ2n) is 3.97. The number of hydrogen-bond acceptors (Lipinski definition) is 4. The highest BCUT2D eigenvalue weighted by atomic mass is 16.4. The lowest BCUT2D eigenvalue weighted by molar-refractivity contribution is -0.147. The van der Waals surface area contributed by atoms with Gasteiger partial charge in [0.1, 0.15) is 18.4 Å². The van der Waals surface area contributed by atoms with Crippen molar-refractivity contribution in [2.75, 3.05) is 6.54 Å². The first kappa shape index (κ1) is 15.4. The fourth-order valence-corrected chi connectivity index (χ4v) is 1.80. The Morgan fingerprint density at radius 1 is 1.55 bits per heavy atom. The summed E-state index contributed by atoms with van der Waals surface area (Å²) in [6, 6.07) is -0.841. The Morgan fingerprint density at radius 3 is 2.70 bits per heavy atom. The van der Waals surface area contributed by atoms with Crippen molar-refractivity contribution in [3.63, 3.8) is 0 Å². The summed E-state index contributed by atoms with van der Waals surface area (Å²) in [5.41, 5.74) is 0. The molecule has 0 radical (unpaired) electrons. The van der Waals surface area contributed by atoms with Crippen molar-refractivity contribution >= 4 is 18.3 Å².